The molecule has 0 radical (unpaired) electrons. The van der Waals surface area contributed by atoms with Crippen LogP contribution in [0, 0.1) is 0 Å². The fraction of sp³-hybridized carbons (Fsp3) is 0.125. The lowest BCUT2D eigenvalue weighted by atomic mass is 10.2. The van der Waals surface area contributed by atoms with E-state index in [9.17, 15) is 4.39 Å². The number of halogens is 2. The van der Waals surface area contributed by atoms with Crippen molar-refractivity contribution in [3.8, 4) is 0 Å². The van der Waals surface area contributed by atoms with Crippen molar-refractivity contribution in [1.82, 2.24) is 5.16 Å². The highest BCUT2D eigenvalue weighted by molar-refractivity contribution is 9.10. The normalized spacial score (nSPS) is 10.8. The molecule has 0 fully saturated rings. The number of benzene rings is 1. The van der Waals surface area contributed by atoms with Gasteiger partial charge in [-0.15, -0.1) is 0 Å². The van der Waals surface area contributed by atoms with Gasteiger partial charge in [0.25, 0.3) is 0 Å². The Morgan fingerprint density at radius 3 is 3.08 bits per heavy atom. The average molecular weight is 230 g/mol. The minimum Gasteiger partial charge on any atom is -0.356 e. The van der Waals surface area contributed by atoms with Crippen molar-refractivity contribution < 1.29 is 8.91 Å². The Morgan fingerprint density at radius 2 is 2.33 bits per heavy atom. The minimum atomic E-state index is -0.602. The van der Waals surface area contributed by atoms with E-state index in [0.29, 0.717) is 11.3 Å². The first-order chi connectivity index (χ1) is 5.83. The molecule has 4 heteroatoms. The average Bonchev–Trinajstić information content (AvgIpc) is 2.49. The Bertz CT molecular complexity index is 412. The molecular weight excluding hydrogens is 225 g/mol. The van der Waals surface area contributed by atoms with Gasteiger partial charge in [0.1, 0.15) is 12.4 Å². The predicted octanol–water partition coefficient (Wildman–Crippen LogP) is 3.06. The summed E-state index contributed by atoms with van der Waals surface area (Å²) in [5.74, 6) is 0. The SMILES string of the molecule is FCc1noc2cccc(Br)c12. The molecule has 1 heterocycles. The molecule has 12 heavy (non-hydrogen) atoms. The summed E-state index contributed by atoms with van der Waals surface area (Å²) >= 11 is 3.30. The van der Waals surface area contributed by atoms with E-state index in [0.717, 1.165) is 9.86 Å². The highest BCUT2D eigenvalue weighted by Crippen LogP contribution is 2.27. The zero-order chi connectivity index (χ0) is 8.55. The lowest BCUT2D eigenvalue weighted by Crippen LogP contribution is -1.78. The zero-order valence-electron chi connectivity index (χ0n) is 6.05. The van der Waals surface area contributed by atoms with Gasteiger partial charge in [0.15, 0.2) is 5.58 Å². The van der Waals surface area contributed by atoms with Gasteiger partial charge in [0.05, 0.1) is 5.39 Å². The predicted molar refractivity (Wildman–Crippen MR) is 46.5 cm³/mol. The Labute approximate surface area is 76.5 Å². The first-order valence-corrected chi connectivity index (χ1v) is 4.21. The van der Waals surface area contributed by atoms with Crippen LogP contribution in [0.4, 0.5) is 4.39 Å². The maximum absolute atomic E-state index is 12.3. The third kappa shape index (κ3) is 1.03. The number of hydrogen-bond acceptors (Lipinski definition) is 2. The van der Waals surface area contributed by atoms with Crippen LogP contribution < -0.4 is 0 Å². The largest absolute Gasteiger partial charge is 0.356 e. The summed E-state index contributed by atoms with van der Waals surface area (Å²) in [7, 11) is 0. The van der Waals surface area contributed by atoms with Crippen molar-refractivity contribution in [2.24, 2.45) is 0 Å². The van der Waals surface area contributed by atoms with Gasteiger partial charge in [-0.3, -0.25) is 0 Å². The van der Waals surface area contributed by atoms with E-state index in [-0.39, 0.29) is 0 Å². The molecule has 0 unspecified atom stereocenters. The number of fused-ring (bicyclic) bond motifs is 1. The minimum absolute atomic E-state index is 0.345. The second kappa shape index (κ2) is 2.86. The highest BCUT2D eigenvalue weighted by atomic mass is 79.9. The Balaban J connectivity index is 2.83. The van der Waals surface area contributed by atoms with Crippen LogP contribution in [0.1, 0.15) is 5.69 Å². The van der Waals surface area contributed by atoms with Gasteiger partial charge in [-0.2, -0.15) is 0 Å². The Hall–Kier alpha value is -0.900. The van der Waals surface area contributed by atoms with Gasteiger partial charge >= 0.3 is 0 Å². The van der Waals surface area contributed by atoms with Crippen molar-refractivity contribution in [2.75, 3.05) is 0 Å². The van der Waals surface area contributed by atoms with E-state index in [2.05, 4.69) is 21.1 Å². The van der Waals surface area contributed by atoms with E-state index in [1.54, 1.807) is 6.07 Å². The van der Waals surface area contributed by atoms with E-state index >= 15 is 0 Å². The van der Waals surface area contributed by atoms with Crippen LogP contribution in [-0.4, -0.2) is 5.16 Å². The molecule has 2 rings (SSSR count). The van der Waals surface area contributed by atoms with Crippen LogP contribution in [0.25, 0.3) is 11.0 Å². The van der Waals surface area contributed by atoms with Crippen LogP contribution in [0.5, 0.6) is 0 Å². The van der Waals surface area contributed by atoms with Crippen LogP contribution in [0.15, 0.2) is 27.2 Å². The number of hydrogen-bond donors (Lipinski definition) is 0. The number of alkyl halides is 1. The lowest BCUT2D eigenvalue weighted by molar-refractivity contribution is 0.410. The molecule has 0 aliphatic heterocycles. The van der Waals surface area contributed by atoms with Gasteiger partial charge in [-0.1, -0.05) is 11.2 Å². The molecule has 62 valence electrons. The van der Waals surface area contributed by atoms with Crippen molar-refractivity contribution in [3.63, 3.8) is 0 Å². The summed E-state index contributed by atoms with van der Waals surface area (Å²) in [6.07, 6.45) is 0. The van der Waals surface area contributed by atoms with Crippen LogP contribution in [0.3, 0.4) is 0 Å². The van der Waals surface area contributed by atoms with Crippen molar-refractivity contribution in [1.29, 1.82) is 0 Å². The Kier molecular flexibility index (Phi) is 1.84. The smallest absolute Gasteiger partial charge is 0.168 e. The van der Waals surface area contributed by atoms with Crippen LogP contribution >= 0.6 is 15.9 Å². The van der Waals surface area contributed by atoms with Gasteiger partial charge in [0, 0.05) is 4.47 Å². The van der Waals surface area contributed by atoms with Gasteiger partial charge in [0.2, 0.25) is 0 Å². The quantitative estimate of drug-likeness (QED) is 0.752. The number of nitrogens with zero attached hydrogens (tertiary/aromatic N) is 1. The molecular formula is C8H5BrFNO. The molecule has 0 aliphatic carbocycles. The molecule has 1 aromatic heterocycles. The van der Waals surface area contributed by atoms with Crippen LogP contribution in [0.2, 0.25) is 0 Å². The highest BCUT2D eigenvalue weighted by Gasteiger charge is 2.09. The summed E-state index contributed by atoms with van der Waals surface area (Å²) in [5.41, 5.74) is 0.953. The summed E-state index contributed by atoms with van der Waals surface area (Å²) in [6.45, 7) is -0.602. The molecule has 1 aromatic carbocycles. The summed E-state index contributed by atoms with van der Waals surface area (Å²) in [5, 5.41) is 4.32. The molecule has 0 atom stereocenters. The molecule has 0 amide bonds. The lowest BCUT2D eigenvalue weighted by Gasteiger charge is -1.91. The van der Waals surface area contributed by atoms with E-state index in [1.165, 1.54) is 0 Å². The maximum Gasteiger partial charge on any atom is 0.168 e. The molecule has 0 N–H and O–H groups in total. The fourth-order valence-corrected chi connectivity index (χ4v) is 1.68. The summed E-state index contributed by atoms with van der Waals surface area (Å²) in [4.78, 5) is 0. The van der Waals surface area contributed by atoms with Gasteiger partial charge in [-0.25, -0.2) is 4.39 Å². The van der Waals surface area contributed by atoms with Crippen molar-refractivity contribution in [2.45, 2.75) is 6.67 Å². The van der Waals surface area contributed by atoms with Gasteiger partial charge in [-0.05, 0) is 28.1 Å². The fourth-order valence-electron chi connectivity index (χ4n) is 1.10. The second-order valence-electron chi connectivity index (χ2n) is 2.38. The van der Waals surface area contributed by atoms with E-state index in [4.69, 9.17) is 4.52 Å². The van der Waals surface area contributed by atoms with Gasteiger partial charge < -0.3 is 4.52 Å². The number of aromatic nitrogens is 1. The maximum atomic E-state index is 12.3. The molecule has 0 saturated heterocycles. The van der Waals surface area contributed by atoms with E-state index in [1.807, 2.05) is 12.1 Å². The monoisotopic (exact) mass is 229 g/mol. The molecule has 0 spiro atoms. The number of rotatable bonds is 1. The summed E-state index contributed by atoms with van der Waals surface area (Å²) in [6, 6.07) is 5.41. The second-order valence-corrected chi connectivity index (χ2v) is 3.23. The molecule has 2 nitrogen and oxygen atoms in total. The molecule has 0 bridgehead atoms. The standard InChI is InChI=1S/C8H5BrFNO/c9-5-2-1-3-7-8(5)6(4-10)11-12-7/h1-3H,4H2. The van der Waals surface area contributed by atoms with Crippen molar-refractivity contribution >= 4 is 26.9 Å². The summed E-state index contributed by atoms with van der Waals surface area (Å²) < 4.78 is 18.0. The third-order valence-corrected chi connectivity index (χ3v) is 2.31. The van der Waals surface area contributed by atoms with Crippen LogP contribution in [-0.2, 0) is 6.67 Å². The first kappa shape index (κ1) is 7.73. The van der Waals surface area contributed by atoms with Crippen molar-refractivity contribution in [3.05, 3.63) is 28.4 Å². The van der Waals surface area contributed by atoms with E-state index < -0.39 is 6.67 Å². The molecule has 2 aromatic rings. The molecule has 0 aliphatic rings. The Morgan fingerprint density at radius 1 is 1.50 bits per heavy atom. The first-order valence-electron chi connectivity index (χ1n) is 3.41. The zero-order valence-corrected chi connectivity index (χ0v) is 7.64. The molecule has 0 saturated carbocycles. The topological polar surface area (TPSA) is 26.0 Å². The third-order valence-electron chi connectivity index (χ3n) is 1.64.